The van der Waals surface area contributed by atoms with E-state index in [0.717, 1.165) is 29.3 Å². The molecule has 0 amide bonds. The van der Waals surface area contributed by atoms with Gasteiger partial charge in [-0.25, -0.2) is 0 Å². The van der Waals surface area contributed by atoms with E-state index in [9.17, 15) is 0 Å². The Labute approximate surface area is 123 Å². The van der Waals surface area contributed by atoms with Crippen LogP contribution in [0.15, 0.2) is 60.8 Å². The van der Waals surface area contributed by atoms with E-state index in [-0.39, 0.29) is 0 Å². The van der Waals surface area contributed by atoms with E-state index in [4.69, 9.17) is 16.3 Å². The second-order valence-electron chi connectivity index (χ2n) is 4.70. The highest BCUT2D eigenvalue weighted by Crippen LogP contribution is 2.24. The Bertz CT molecular complexity index is 691. The number of aromatic nitrogens is 1. The zero-order valence-electron chi connectivity index (χ0n) is 11.1. The number of aryl methyl sites for hydroxylation is 1. The molecule has 0 aliphatic carbocycles. The molecule has 20 heavy (non-hydrogen) atoms. The average Bonchev–Trinajstić information content (AvgIpc) is 2.89. The molecule has 1 aromatic heterocycles. The molecule has 0 atom stereocenters. The first-order valence-corrected chi connectivity index (χ1v) is 7.13. The molecule has 3 rings (SSSR count). The van der Waals surface area contributed by atoms with Crippen LogP contribution in [0.3, 0.4) is 0 Å². The fraction of sp³-hybridized carbons (Fsp3) is 0.176. The Morgan fingerprint density at radius 1 is 0.950 bits per heavy atom. The normalized spacial score (nSPS) is 10.8. The molecule has 0 unspecified atom stereocenters. The van der Waals surface area contributed by atoms with Crippen molar-refractivity contribution in [3.63, 3.8) is 0 Å². The summed E-state index contributed by atoms with van der Waals surface area (Å²) in [6.45, 7) is 1.61. The van der Waals surface area contributed by atoms with Gasteiger partial charge in [0.25, 0.3) is 0 Å². The van der Waals surface area contributed by atoms with Gasteiger partial charge in [-0.2, -0.15) is 0 Å². The Kier molecular flexibility index (Phi) is 3.93. The van der Waals surface area contributed by atoms with Gasteiger partial charge < -0.3 is 9.30 Å². The van der Waals surface area contributed by atoms with Crippen LogP contribution in [0.25, 0.3) is 10.9 Å². The van der Waals surface area contributed by atoms with Crippen LogP contribution in [0, 0.1) is 0 Å². The van der Waals surface area contributed by atoms with E-state index in [1.807, 2.05) is 42.5 Å². The van der Waals surface area contributed by atoms with Crippen molar-refractivity contribution in [2.45, 2.75) is 13.0 Å². The van der Waals surface area contributed by atoms with Crippen molar-refractivity contribution >= 4 is 22.5 Å². The smallest absolute Gasteiger partial charge is 0.119 e. The van der Waals surface area contributed by atoms with Crippen LogP contribution >= 0.6 is 11.6 Å². The van der Waals surface area contributed by atoms with E-state index >= 15 is 0 Å². The summed E-state index contributed by atoms with van der Waals surface area (Å²) in [6, 6.07) is 18.0. The molecule has 1 heterocycles. The average molecular weight is 286 g/mol. The first-order valence-electron chi connectivity index (χ1n) is 6.76. The summed E-state index contributed by atoms with van der Waals surface area (Å²) in [7, 11) is 0. The molecule has 0 saturated heterocycles. The Balaban J connectivity index is 1.60. The van der Waals surface area contributed by atoms with Crippen molar-refractivity contribution < 1.29 is 4.74 Å². The lowest BCUT2D eigenvalue weighted by molar-refractivity contribution is 0.302. The first kappa shape index (κ1) is 13.1. The molecular weight excluding hydrogens is 270 g/mol. The lowest BCUT2D eigenvalue weighted by Crippen LogP contribution is -2.03. The number of benzene rings is 2. The molecule has 0 fully saturated rings. The first-order chi connectivity index (χ1) is 9.84. The molecule has 0 saturated carbocycles. The summed E-state index contributed by atoms with van der Waals surface area (Å²) in [5.74, 6) is 0.919. The molecule has 0 spiro atoms. The van der Waals surface area contributed by atoms with E-state index in [1.54, 1.807) is 0 Å². The Hall–Kier alpha value is -1.93. The second kappa shape index (κ2) is 6.02. The van der Waals surface area contributed by atoms with Gasteiger partial charge in [0.15, 0.2) is 0 Å². The predicted molar refractivity (Wildman–Crippen MR) is 83.5 cm³/mol. The number of hydrogen-bond donors (Lipinski definition) is 0. The zero-order chi connectivity index (χ0) is 13.8. The highest BCUT2D eigenvalue weighted by molar-refractivity contribution is 6.35. The summed E-state index contributed by atoms with van der Waals surface area (Å²) < 4.78 is 7.89. The number of halogens is 1. The summed E-state index contributed by atoms with van der Waals surface area (Å²) >= 11 is 6.26. The summed E-state index contributed by atoms with van der Waals surface area (Å²) in [5, 5.41) is 1.98. The minimum Gasteiger partial charge on any atom is -0.494 e. The van der Waals surface area contributed by atoms with Gasteiger partial charge in [-0.3, -0.25) is 0 Å². The fourth-order valence-electron chi connectivity index (χ4n) is 2.34. The molecule has 2 nitrogen and oxygen atoms in total. The van der Waals surface area contributed by atoms with Crippen molar-refractivity contribution in [2.75, 3.05) is 6.61 Å². The quantitative estimate of drug-likeness (QED) is 0.616. The van der Waals surface area contributed by atoms with E-state index in [2.05, 4.69) is 22.9 Å². The van der Waals surface area contributed by atoms with Gasteiger partial charge in [-0.15, -0.1) is 0 Å². The molecule has 0 radical (unpaired) electrons. The molecule has 0 aliphatic heterocycles. The molecule has 0 bridgehead atoms. The highest BCUT2D eigenvalue weighted by Gasteiger charge is 2.04. The van der Waals surface area contributed by atoms with Crippen molar-refractivity contribution in [3.05, 3.63) is 65.8 Å². The van der Waals surface area contributed by atoms with Crippen LogP contribution < -0.4 is 4.74 Å². The summed E-state index contributed by atoms with van der Waals surface area (Å²) in [5.41, 5.74) is 1.11. The summed E-state index contributed by atoms with van der Waals surface area (Å²) in [6.07, 6.45) is 3.03. The molecule has 3 aromatic rings. The van der Waals surface area contributed by atoms with Crippen LogP contribution in [-0.2, 0) is 6.54 Å². The van der Waals surface area contributed by atoms with Gasteiger partial charge in [0.05, 0.1) is 17.1 Å². The number of hydrogen-bond acceptors (Lipinski definition) is 1. The number of para-hydroxylation sites is 2. The molecule has 0 N–H and O–H groups in total. The van der Waals surface area contributed by atoms with Gasteiger partial charge in [0.2, 0.25) is 0 Å². The molecule has 2 aromatic carbocycles. The topological polar surface area (TPSA) is 14.2 Å². The monoisotopic (exact) mass is 285 g/mol. The van der Waals surface area contributed by atoms with Crippen LogP contribution in [0.4, 0.5) is 0 Å². The zero-order valence-corrected chi connectivity index (χ0v) is 11.9. The van der Waals surface area contributed by atoms with Crippen LogP contribution in [0.5, 0.6) is 5.75 Å². The van der Waals surface area contributed by atoms with E-state index < -0.39 is 0 Å². The minimum absolute atomic E-state index is 0.703. The van der Waals surface area contributed by atoms with E-state index in [0.29, 0.717) is 6.61 Å². The third-order valence-corrected chi connectivity index (χ3v) is 3.60. The fourth-order valence-corrected chi connectivity index (χ4v) is 2.63. The molecular formula is C17H16ClNO. The Morgan fingerprint density at radius 2 is 1.80 bits per heavy atom. The number of nitrogens with zero attached hydrogens (tertiary/aromatic N) is 1. The number of rotatable bonds is 5. The van der Waals surface area contributed by atoms with Gasteiger partial charge in [-0.1, -0.05) is 41.9 Å². The maximum atomic E-state index is 6.26. The largest absolute Gasteiger partial charge is 0.494 e. The van der Waals surface area contributed by atoms with Gasteiger partial charge in [0.1, 0.15) is 5.75 Å². The van der Waals surface area contributed by atoms with Crippen molar-refractivity contribution in [1.82, 2.24) is 4.57 Å². The highest BCUT2D eigenvalue weighted by atomic mass is 35.5. The van der Waals surface area contributed by atoms with Crippen LogP contribution in [0.1, 0.15) is 6.42 Å². The van der Waals surface area contributed by atoms with Crippen LogP contribution in [0.2, 0.25) is 5.02 Å². The van der Waals surface area contributed by atoms with Gasteiger partial charge >= 0.3 is 0 Å². The number of ether oxygens (including phenoxy) is 1. The lowest BCUT2D eigenvalue weighted by atomic mass is 10.2. The second-order valence-corrected chi connectivity index (χ2v) is 5.11. The third-order valence-electron chi connectivity index (χ3n) is 3.29. The van der Waals surface area contributed by atoms with Crippen molar-refractivity contribution in [2.24, 2.45) is 0 Å². The van der Waals surface area contributed by atoms with Gasteiger partial charge in [-0.05, 0) is 30.7 Å². The lowest BCUT2D eigenvalue weighted by Gasteiger charge is -2.08. The Morgan fingerprint density at radius 3 is 2.65 bits per heavy atom. The summed E-state index contributed by atoms with van der Waals surface area (Å²) in [4.78, 5) is 0. The standard InChI is InChI=1S/C17H16ClNO/c18-16-9-4-6-14-10-12-19(17(14)16)11-5-13-20-15-7-2-1-3-8-15/h1-4,6-10,12H,5,11,13H2. The minimum atomic E-state index is 0.703. The maximum absolute atomic E-state index is 6.26. The predicted octanol–water partition coefficient (Wildman–Crippen LogP) is 4.76. The van der Waals surface area contributed by atoms with E-state index in [1.165, 1.54) is 5.39 Å². The third kappa shape index (κ3) is 2.81. The number of fused-ring (bicyclic) bond motifs is 1. The van der Waals surface area contributed by atoms with Crippen molar-refractivity contribution in [1.29, 1.82) is 0 Å². The maximum Gasteiger partial charge on any atom is 0.119 e. The molecule has 3 heteroatoms. The van der Waals surface area contributed by atoms with Gasteiger partial charge in [0, 0.05) is 18.1 Å². The molecule has 0 aliphatic rings. The SMILES string of the molecule is Clc1cccc2ccn(CCCOc3ccccc3)c12. The van der Waals surface area contributed by atoms with Crippen LogP contribution in [-0.4, -0.2) is 11.2 Å². The van der Waals surface area contributed by atoms with Crippen molar-refractivity contribution in [3.8, 4) is 5.75 Å². The molecule has 102 valence electrons.